The number of aromatic nitrogens is 3. The number of aryl methyl sites for hydroxylation is 1. The first-order valence-electron chi connectivity index (χ1n) is 12.4. The molecule has 3 aromatic rings. The maximum absolute atomic E-state index is 14.9. The second kappa shape index (κ2) is 11.6. The lowest BCUT2D eigenvalue weighted by Crippen LogP contribution is -2.49. The molecule has 2 aromatic heterocycles. The Labute approximate surface area is 225 Å². The van der Waals surface area contributed by atoms with Gasteiger partial charge in [0.1, 0.15) is 18.2 Å². The lowest BCUT2D eigenvalue weighted by molar-refractivity contribution is 0.132. The first kappa shape index (κ1) is 27.7. The van der Waals surface area contributed by atoms with Gasteiger partial charge in [0.2, 0.25) is 5.88 Å². The van der Waals surface area contributed by atoms with Crippen molar-refractivity contribution in [3.63, 3.8) is 0 Å². The molecule has 1 aromatic carbocycles. The Morgan fingerprint density at radius 1 is 1.15 bits per heavy atom. The fourth-order valence-corrected chi connectivity index (χ4v) is 4.47. The summed E-state index contributed by atoms with van der Waals surface area (Å²) in [5, 5.41) is 17.2. The molecule has 1 saturated carbocycles. The highest BCUT2D eigenvalue weighted by atomic mass is 19.1. The molecule has 4 rings (SSSR count). The molecular weight excluding hydrogens is 507 g/mol. The average molecular weight is 539 g/mol. The normalized spacial score (nSPS) is 14.2. The third-order valence-corrected chi connectivity index (χ3v) is 6.25. The van der Waals surface area contributed by atoms with Gasteiger partial charge in [0.25, 0.3) is 0 Å². The van der Waals surface area contributed by atoms with Gasteiger partial charge in [-0.05, 0) is 55.0 Å². The van der Waals surface area contributed by atoms with Crippen LogP contribution in [-0.4, -0.2) is 58.5 Å². The van der Waals surface area contributed by atoms with Gasteiger partial charge < -0.3 is 25.2 Å². The molecule has 3 amide bonds. The first-order chi connectivity index (χ1) is 18.6. The standard InChI is InChI=1S/C27H31FN6O5/c1-15-9-19(28)21(32-25(36)30-17-13-27(2,3)14-17)11-18(15)20-12-23(39-8-7-35)34-24(31-20)16-5-6-29-22(10-16)33-26(37)38-4/h5-6,9-12,17,35H,7-8,13-14H2,1-4H3,(H,29,33,37)(H2,30,32,36). The lowest BCUT2D eigenvalue weighted by atomic mass is 9.68. The first-order valence-corrected chi connectivity index (χ1v) is 12.4. The fraction of sp³-hybridized carbons (Fsp3) is 0.370. The zero-order valence-electron chi connectivity index (χ0n) is 22.2. The molecule has 1 fully saturated rings. The predicted molar refractivity (Wildman–Crippen MR) is 143 cm³/mol. The third-order valence-electron chi connectivity index (χ3n) is 6.25. The van der Waals surface area contributed by atoms with Crippen LogP contribution in [0.1, 0.15) is 32.3 Å². The van der Waals surface area contributed by atoms with Gasteiger partial charge in [-0.2, -0.15) is 4.98 Å². The Hall–Kier alpha value is -4.32. The van der Waals surface area contributed by atoms with Crippen LogP contribution >= 0.6 is 0 Å². The van der Waals surface area contributed by atoms with Crippen molar-refractivity contribution >= 4 is 23.6 Å². The third kappa shape index (κ3) is 6.96. The maximum Gasteiger partial charge on any atom is 0.412 e. The van der Waals surface area contributed by atoms with Crippen LogP contribution in [0.3, 0.4) is 0 Å². The van der Waals surface area contributed by atoms with Gasteiger partial charge in [-0.15, -0.1) is 0 Å². The van der Waals surface area contributed by atoms with Crippen LogP contribution in [0.5, 0.6) is 5.88 Å². The van der Waals surface area contributed by atoms with Gasteiger partial charge in [-0.3, -0.25) is 5.32 Å². The quantitative estimate of drug-likeness (QED) is 0.327. The largest absolute Gasteiger partial charge is 0.475 e. The van der Waals surface area contributed by atoms with Crippen molar-refractivity contribution in [1.82, 2.24) is 20.3 Å². The molecule has 1 aliphatic rings. The number of aliphatic hydroxyl groups excluding tert-OH is 1. The summed E-state index contributed by atoms with van der Waals surface area (Å²) in [7, 11) is 1.24. The SMILES string of the molecule is COC(=O)Nc1cc(-c2nc(OCCO)cc(-c3cc(NC(=O)NC4CC(C)(C)C4)c(F)cc3C)n2)ccn1. The van der Waals surface area contributed by atoms with Gasteiger partial charge >= 0.3 is 12.1 Å². The van der Waals surface area contributed by atoms with Crippen molar-refractivity contribution in [3.05, 3.63) is 47.9 Å². The van der Waals surface area contributed by atoms with Crippen molar-refractivity contribution in [2.45, 2.75) is 39.7 Å². The molecule has 0 aliphatic heterocycles. The molecule has 4 N–H and O–H groups in total. The van der Waals surface area contributed by atoms with Crippen molar-refractivity contribution in [1.29, 1.82) is 0 Å². The molecule has 11 nitrogen and oxygen atoms in total. The predicted octanol–water partition coefficient (Wildman–Crippen LogP) is 4.51. The smallest absolute Gasteiger partial charge is 0.412 e. The van der Waals surface area contributed by atoms with Crippen LogP contribution in [0.25, 0.3) is 22.6 Å². The van der Waals surface area contributed by atoms with Crippen LogP contribution in [0.15, 0.2) is 36.5 Å². The highest BCUT2D eigenvalue weighted by molar-refractivity contribution is 5.91. The summed E-state index contributed by atoms with van der Waals surface area (Å²) in [4.78, 5) is 37.3. The minimum atomic E-state index is -0.687. The van der Waals surface area contributed by atoms with E-state index in [1.807, 2.05) is 0 Å². The van der Waals surface area contributed by atoms with E-state index in [1.54, 1.807) is 25.1 Å². The van der Waals surface area contributed by atoms with Crippen molar-refractivity contribution in [2.24, 2.45) is 5.41 Å². The van der Waals surface area contributed by atoms with E-state index >= 15 is 0 Å². The van der Waals surface area contributed by atoms with Crippen LogP contribution in [-0.2, 0) is 4.74 Å². The van der Waals surface area contributed by atoms with E-state index in [0.29, 0.717) is 22.4 Å². The summed E-state index contributed by atoms with van der Waals surface area (Å²) in [5.41, 5.74) is 2.20. The number of amides is 3. The number of pyridine rings is 1. The summed E-state index contributed by atoms with van der Waals surface area (Å²) in [6.07, 6.45) is 2.49. The topological polar surface area (TPSA) is 148 Å². The van der Waals surface area contributed by atoms with E-state index in [1.165, 1.54) is 25.4 Å². The number of aliphatic hydroxyl groups is 1. The molecule has 0 atom stereocenters. The number of nitrogens with zero attached hydrogens (tertiary/aromatic N) is 3. The number of carbonyl (C=O) groups is 2. The van der Waals surface area contributed by atoms with Crippen LogP contribution in [0.4, 0.5) is 25.5 Å². The molecule has 1 aliphatic carbocycles. The van der Waals surface area contributed by atoms with Crippen molar-refractivity contribution in [3.8, 4) is 28.5 Å². The summed E-state index contributed by atoms with van der Waals surface area (Å²) >= 11 is 0. The van der Waals surface area contributed by atoms with Gasteiger partial charge in [0, 0.05) is 29.4 Å². The number of benzene rings is 1. The van der Waals surface area contributed by atoms with E-state index in [4.69, 9.17) is 4.74 Å². The van der Waals surface area contributed by atoms with Gasteiger partial charge in [0.05, 0.1) is 25.1 Å². The molecule has 39 heavy (non-hydrogen) atoms. The number of rotatable bonds is 8. The Kier molecular flexibility index (Phi) is 8.24. The molecule has 206 valence electrons. The number of anilines is 2. The minimum Gasteiger partial charge on any atom is -0.475 e. The highest BCUT2D eigenvalue weighted by Gasteiger charge is 2.36. The summed E-state index contributed by atoms with van der Waals surface area (Å²) < 4.78 is 25.0. The van der Waals surface area contributed by atoms with E-state index in [-0.39, 0.29) is 47.9 Å². The summed E-state index contributed by atoms with van der Waals surface area (Å²) in [5.74, 6) is 0.0433. The maximum atomic E-state index is 14.9. The van der Waals surface area contributed by atoms with E-state index in [9.17, 15) is 19.1 Å². The molecular formula is C27H31FN6O5. The zero-order chi connectivity index (χ0) is 28.2. The summed E-state index contributed by atoms with van der Waals surface area (Å²) in [6, 6.07) is 7.15. The second-order valence-corrected chi connectivity index (χ2v) is 10.0. The van der Waals surface area contributed by atoms with Gasteiger partial charge in [0.15, 0.2) is 5.82 Å². The van der Waals surface area contributed by atoms with Crippen LogP contribution in [0, 0.1) is 18.2 Å². The highest BCUT2D eigenvalue weighted by Crippen LogP contribution is 2.40. The number of urea groups is 1. The monoisotopic (exact) mass is 538 g/mol. The Morgan fingerprint density at radius 3 is 2.62 bits per heavy atom. The van der Waals surface area contributed by atoms with Gasteiger partial charge in [-0.25, -0.2) is 23.9 Å². The number of nitrogens with one attached hydrogen (secondary N) is 3. The summed E-state index contributed by atoms with van der Waals surface area (Å²) in [6.45, 7) is 5.75. The van der Waals surface area contributed by atoms with Gasteiger partial charge in [-0.1, -0.05) is 13.8 Å². The van der Waals surface area contributed by atoms with Crippen LogP contribution in [0.2, 0.25) is 0 Å². The van der Waals surface area contributed by atoms with E-state index < -0.39 is 17.9 Å². The number of carbonyl (C=O) groups excluding carboxylic acids is 2. The zero-order valence-corrected chi connectivity index (χ0v) is 22.2. The molecule has 0 spiro atoms. The molecule has 12 heteroatoms. The molecule has 0 saturated heterocycles. The van der Waals surface area contributed by atoms with E-state index in [0.717, 1.165) is 12.8 Å². The molecule has 0 bridgehead atoms. The van der Waals surface area contributed by atoms with Crippen LogP contribution < -0.4 is 20.7 Å². The van der Waals surface area contributed by atoms with Crippen molar-refractivity contribution in [2.75, 3.05) is 31.0 Å². The Bertz CT molecular complexity index is 1370. The lowest BCUT2D eigenvalue weighted by Gasteiger charge is -2.42. The Balaban J connectivity index is 1.66. The number of hydrogen-bond donors (Lipinski definition) is 4. The molecule has 0 radical (unpaired) electrons. The molecule has 2 heterocycles. The van der Waals surface area contributed by atoms with E-state index in [2.05, 4.69) is 49.5 Å². The Morgan fingerprint density at radius 2 is 1.92 bits per heavy atom. The minimum absolute atomic E-state index is 0.00171. The molecule has 0 unspecified atom stereocenters. The number of methoxy groups -OCH3 is 1. The fourth-order valence-electron chi connectivity index (χ4n) is 4.47. The van der Waals surface area contributed by atoms with Crippen molar-refractivity contribution < 1.29 is 28.6 Å². The second-order valence-electron chi connectivity index (χ2n) is 10.0. The average Bonchev–Trinajstić information content (AvgIpc) is 2.87. The number of ether oxygens (including phenoxy) is 2. The number of halogens is 1. The number of hydrogen-bond acceptors (Lipinski definition) is 8.